The van der Waals surface area contributed by atoms with Crippen LogP contribution < -0.4 is 11.1 Å². The fourth-order valence-electron chi connectivity index (χ4n) is 3.73. The maximum absolute atomic E-state index is 13.0. The number of oxime groups is 1. The molecule has 37 heavy (non-hydrogen) atoms. The van der Waals surface area contributed by atoms with Gasteiger partial charge >= 0.3 is 5.97 Å². The first-order valence-corrected chi connectivity index (χ1v) is 13.6. The molecule has 1 saturated heterocycles. The maximum atomic E-state index is 13.0. The summed E-state index contributed by atoms with van der Waals surface area (Å²) in [6, 6.07) is 0.649. The number of aromatic nitrogens is 5. The number of fused-ring (bicyclic) bond motifs is 2. The molecular formula is C19H16ClN9O5S3. The lowest BCUT2D eigenvalue weighted by atomic mass is 10.0. The number of amides is 2. The summed E-state index contributed by atoms with van der Waals surface area (Å²) >= 11 is 9.83. The summed E-state index contributed by atoms with van der Waals surface area (Å²) in [6.45, 7) is 0. The molecule has 0 spiro atoms. The Hall–Kier alpha value is -3.41. The fraction of sp³-hybridized carbons (Fsp3) is 0.263. The Morgan fingerprint density at radius 1 is 1.43 bits per heavy atom. The van der Waals surface area contributed by atoms with Crippen LogP contribution in [0.25, 0.3) is 5.65 Å². The Balaban J connectivity index is 1.33. The normalized spacial score (nSPS) is 19.6. The number of thioether (sulfide) groups is 2. The molecule has 14 nitrogen and oxygen atoms in total. The zero-order valence-electron chi connectivity index (χ0n) is 18.7. The number of carboxylic acids is 1. The van der Waals surface area contributed by atoms with Gasteiger partial charge in [-0.1, -0.05) is 22.0 Å². The molecule has 2 aliphatic rings. The Kier molecular flexibility index (Phi) is 6.93. The molecule has 5 rings (SSSR count). The van der Waals surface area contributed by atoms with Gasteiger partial charge in [0, 0.05) is 23.0 Å². The Bertz CT molecular complexity index is 1490. The van der Waals surface area contributed by atoms with E-state index in [9.17, 15) is 19.5 Å². The molecule has 0 bridgehead atoms. The standard InChI is InChI=1S/C19H16ClN9O5S3/c1-34-26-12(8-6-37-19(21)23-8)15(30)25-13-16(31)28-14(18(32)33)7(5-36-17(13)28)4-35-11-2-9(20)24-10-3-22-27-29(10)11/h2-3,6,13,17H,4-5H2,1H3,(H2,21,23)(H,25,30)(H,32,33)/t13-,17-/m1/s1. The van der Waals surface area contributed by atoms with E-state index in [1.807, 2.05) is 0 Å². The number of nitrogens with one attached hydrogen (secondary N) is 1. The number of β-lactam (4-membered cyclic amide) rings is 1. The summed E-state index contributed by atoms with van der Waals surface area (Å²) in [6.07, 6.45) is 1.46. The molecular weight excluding hydrogens is 566 g/mol. The Labute approximate surface area is 225 Å². The molecule has 4 N–H and O–H groups in total. The lowest BCUT2D eigenvalue weighted by Gasteiger charge is -2.49. The van der Waals surface area contributed by atoms with Gasteiger partial charge in [0.25, 0.3) is 11.8 Å². The zero-order chi connectivity index (χ0) is 26.3. The van der Waals surface area contributed by atoms with Crippen LogP contribution in [0.1, 0.15) is 5.69 Å². The number of nitrogens with zero attached hydrogens (tertiary/aromatic N) is 7. The van der Waals surface area contributed by atoms with Crippen molar-refractivity contribution < 1.29 is 24.3 Å². The first-order chi connectivity index (χ1) is 17.8. The molecule has 2 aliphatic heterocycles. The van der Waals surface area contributed by atoms with Crippen molar-refractivity contribution >= 4 is 80.7 Å². The maximum Gasteiger partial charge on any atom is 0.352 e. The van der Waals surface area contributed by atoms with Crippen molar-refractivity contribution in [1.29, 1.82) is 0 Å². The third-order valence-corrected chi connectivity index (χ3v) is 8.58. The van der Waals surface area contributed by atoms with E-state index in [4.69, 9.17) is 22.2 Å². The summed E-state index contributed by atoms with van der Waals surface area (Å²) in [5.41, 5.74) is 6.57. The number of anilines is 1. The van der Waals surface area contributed by atoms with Crippen molar-refractivity contribution in [3.8, 4) is 0 Å². The summed E-state index contributed by atoms with van der Waals surface area (Å²) in [7, 11) is 1.27. The van der Waals surface area contributed by atoms with E-state index in [-0.39, 0.29) is 33.1 Å². The molecule has 18 heteroatoms. The fourth-order valence-corrected chi connectivity index (χ4v) is 7.01. The van der Waals surface area contributed by atoms with E-state index in [1.54, 1.807) is 6.07 Å². The van der Waals surface area contributed by atoms with E-state index >= 15 is 0 Å². The number of thiazole rings is 1. The lowest BCUT2D eigenvalue weighted by molar-refractivity contribution is -0.150. The van der Waals surface area contributed by atoms with Crippen LogP contribution in [0, 0.1) is 0 Å². The van der Waals surface area contributed by atoms with Crippen LogP contribution in [-0.4, -0.2) is 88.3 Å². The molecule has 2 atom stereocenters. The average molecular weight is 582 g/mol. The van der Waals surface area contributed by atoms with Crippen molar-refractivity contribution in [2.75, 3.05) is 24.3 Å². The largest absolute Gasteiger partial charge is 0.477 e. The number of nitrogens with two attached hydrogens (primary N) is 1. The van der Waals surface area contributed by atoms with Crippen molar-refractivity contribution in [3.63, 3.8) is 0 Å². The van der Waals surface area contributed by atoms with E-state index in [0.717, 1.165) is 11.3 Å². The number of carbonyl (C=O) groups excluding carboxylic acids is 2. The van der Waals surface area contributed by atoms with Crippen molar-refractivity contribution in [3.05, 3.63) is 39.8 Å². The van der Waals surface area contributed by atoms with Crippen molar-refractivity contribution in [1.82, 2.24) is 35.0 Å². The molecule has 3 aromatic rings. The number of carbonyl (C=O) groups is 3. The van der Waals surface area contributed by atoms with Crippen LogP contribution in [0.4, 0.5) is 5.13 Å². The van der Waals surface area contributed by atoms with Crippen LogP contribution in [0.5, 0.6) is 0 Å². The van der Waals surface area contributed by atoms with Crippen LogP contribution in [0.15, 0.2) is 39.1 Å². The van der Waals surface area contributed by atoms with Gasteiger partial charge in [0.15, 0.2) is 16.5 Å². The number of nitrogen functional groups attached to an aromatic ring is 1. The molecule has 0 saturated carbocycles. The predicted molar refractivity (Wildman–Crippen MR) is 136 cm³/mol. The summed E-state index contributed by atoms with van der Waals surface area (Å²) < 4.78 is 1.49. The topological polar surface area (TPSA) is 190 Å². The molecule has 192 valence electrons. The molecule has 1 fully saturated rings. The van der Waals surface area contributed by atoms with Gasteiger partial charge in [-0.05, 0) is 5.57 Å². The smallest absolute Gasteiger partial charge is 0.352 e. The zero-order valence-corrected chi connectivity index (χ0v) is 21.9. The van der Waals surface area contributed by atoms with Crippen LogP contribution >= 0.6 is 46.5 Å². The Morgan fingerprint density at radius 3 is 2.95 bits per heavy atom. The van der Waals surface area contributed by atoms with Crippen molar-refractivity contribution in [2.45, 2.75) is 16.4 Å². The van der Waals surface area contributed by atoms with E-state index in [2.05, 4.69) is 30.8 Å². The average Bonchev–Trinajstić information content (AvgIpc) is 3.52. The number of halogens is 1. The summed E-state index contributed by atoms with van der Waals surface area (Å²) in [5.74, 6) is -1.90. The summed E-state index contributed by atoms with van der Waals surface area (Å²) in [5, 5.41) is 26.1. The molecule has 5 heterocycles. The molecule has 0 unspecified atom stereocenters. The molecule has 0 aromatic carbocycles. The number of carboxylic acid groups (broad SMARTS) is 1. The SMILES string of the molecule is CON=C(C(=O)N[C@@H]1C(=O)N2C(C(=O)O)=C(CSc3cc(Cl)nc4cnnn34)CS[C@H]12)c1csc(N)n1. The predicted octanol–water partition coefficient (Wildman–Crippen LogP) is 0.698. The van der Waals surface area contributed by atoms with Gasteiger partial charge in [0.05, 0.1) is 6.20 Å². The number of aliphatic carboxylic acids is 1. The number of hydrogen-bond donors (Lipinski definition) is 3. The summed E-state index contributed by atoms with van der Waals surface area (Å²) in [4.78, 5) is 52.2. The number of hydrogen-bond acceptors (Lipinski definition) is 13. The molecule has 3 aromatic heterocycles. The third kappa shape index (κ3) is 4.70. The highest BCUT2D eigenvalue weighted by Crippen LogP contribution is 2.41. The minimum absolute atomic E-state index is 0.111. The van der Waals surface area contributed by atoms with Crippen LogP contribution in [0.2, 0.25) is 5.15 Å². The molecule has 0 aliphatic carbocycles. The van der Waals surface area contributed by atoms with E-state index < -0.39 is 29.2 Å². The van der Waals surface area contributed by atoms with Gasteiger partial charge in [-0.2, -0.15) is 4.52 Å². The van der Waals surface area contributed by atoms with Gasteiger partial charge in [-0.3, -0.25) is 14.5 Å². The van der Waals surface area contributed by atoms with Gasteiger partial charge < -0.3 is 21.0 Å². The van der Waals surface area contributed by atoms with Crippen LogP contribution in [-0.2, 0) is 19.2 Å². The van der Waals surface area contributed by atoms with Gasteiger partial charge in [0.2, 0.25) is 0 Å². The highest BCUT2D eigenvalue weighted by molar-refractivity contribution is 8.01. The van der Waals surface area contributed by atoms with E-state index in [0.29, 0.717) is 22.0 Å². The quantitative estimate of drug-likeness (QED) is 0.111. The molecule has 0 radical (unpaired) electrons. The second kappa shape index (κ2) is 10.2. The van der Waals surface area contributed by atoms with Gasteiger partial charge in [-0.25, -0.2) is 14.8 Å². The monoisotopic (exact) mass is 581 g/mol. The highest BCUT2D eigenvalue weighted by Gasteiger charge is 2.54. The first-order valence-electron chi connectivity index (χ1n) is 10.3. The third-order valence-electron chi connectivity index (χ3n) is 5.30. The van der Waals surface area contributed by atoms with Gasteiger partial charge in [0.1, 0.15) is 40.1 Å². The Morgan fingerprint density at radius 2 is 2.24 bits per heavy atom. The second-order valence-corrected chi connectivity index (χ2v) is 10.9. The second-order valence-electron chi connectivity index (χ2n) is 7.52. The van der Waals surface area contributed by atoms with Crippen LogP contribution in [0.3, 0.4) is 0 Å². The minimum Gasteiger partial charge on any atom is -0.477 e. The van der Waals surface area contributed by atoms with Gasteiger partial charge in [-0.15, -0.1) is 40.0 Å². The number of rotatable bonds is 8. The minimum atomic E-state index is -1.24. The lowest BCUT2D eigenvalue weighted by Crippen LogP contribution is -2.71. The van der Waals surface area contributed by atoms with E-state index in [1.165, 1.54) is 51.6 Å². The highest BCUT2D eigenvalue weighted by atomic mass is 35.5. The first kappa shape index (κ1) is 25.2. The van der Waals surface area contributed by atoms with Crippen molar-refractivity contribution in [2.24, 2.45) is 5.16 Å². The molecule has 2 amide bonds.